The summed E-state index contributed by atoms with van der Waals surface area (Å²) in [6, 6.07) is 7.73. The van der Waals surface area contributed by atoms with Crippen LogP contribution in [0.25, 0.3) is 11.4 Å². The molecule has 1 aromatic carbocycles. The molecule has 0 aliphatic carbocycles. The normalized spacial score (nSPS) is 17.4. The number of halogens is 3. The Balaban J connectivity index is 0.000000454. The highest BCUT2D eigenvalue weighted by Gasteiger charge is 2.38. The van der Waals surface area contributed by atoms with Crippen LogP contribution in [0, 0.1) is 0 Å². The minimum absolute atomic E-state index is 0.208. The molecule has 0 radical (unpaired) electrons. The molecule has 0 bridgehead atoms. The zero-order chi connectivity index (χ0) is 26.3. The molecular formula is C23H29F3N6O4. The van der Waals surface area contributed by atoms with E-state index in [1.54, 1.807) is 0 Å². The Morgan fingerprint density at radius 2 is 1.94 bits per heavy atom. The van der Waals surface area contributed by atoms with E-state index in [0.29, 0.717) is 19.0 Å². The fourth-order valence-corrected chi connectivity index (χ4v) is 3.79. The van der Waals surface area contributed by atoms with Gasteiger partial charge in [0.15, 0.2) is 5.82 Å². The Hall–Kier alpha value is -3.45. The number of hydrogen-bond acceptors (Lipinski definition) is 7. The molecule has 1 aromatic heterocycles. The lowest BCUT2D eigenvalue weighted by molar-refractivity contribution is -0.192. The van der Waals surface area contributed by atoms with Gasteiger partial charge >= 0.3 is 18.2 Å². The summed E-state index contributed by atoms with van der Waals surface area (Å²) in [7, 11) is 0. The number of nitrogens with zero attached hydrogens (tertiary/aromatic N) is 3. The van der Waals surface area contributed by atoms with Gasteiger partial charge in [-0.2, -0.15) is 13.2 Å². The van der Waals surface area contributed by atoms with E-state index in [0.717, 1.165) is 55.4 Å². The SMILES string of the molecule is CCNC(=O)Nc1ccc(-c2nc3c(c(N4CCOC[C@@H]4C)n2)CCNC3)cc1.O=C(O)C(F)(F)F. The lowest BCUT2D eigenvalue weighted by Gasteiger charge is -2.36. The maximum absolute atomic E-state index is 11.7. The smallest absolute Gasteiger partial charge is 0.475 e. The number of benzene rings is 1. The van der Waals surface area contributed by atoms with Crippen molar-refractivity contribution in [3.8, 4) is 11.4 Å². The minimum Gasteiger partial charge on any atom is -0.475 e. The number of amides is 2. The molecule has 2 aliphatic rings. The standard InChI is InChI=1S/C21H28N6O2.C2HF3O2/c1-3-23-21(28)24-16-6-4-15(5-7-16)19-25-18-12-22-9-8-17(18)20(26-19)27-10-11-29-13-14(27)2;3-2(4,5)1(6)7/h4-7,14,22H,3,8-13H2,1-2H3,(H2,23,24,28);(H,6,7)/t14-;/m0./s1. The van der Waals surface area contributed by atoms with E-state index in [2.05, 4.69) is 27.8 Å². The number of carboxylic acids is 1. The van der Waals surface area contributed by atoms with Crippen LogP contribution < -0.4 is 20.9 Å². The van der Waals surface area contributed by atoms with Crippen LogP contribution in [-0.2, 0) is 22.5 Å². The molecule has 0 saturated carbocycles. The monoisotopic (exact) mass is 510 g/mol. The molecule has 1 fully saturated rings. The Morgan fingerprint density at radius 3 is 2.56 bits per heavy atom. The average Bonchev–Trinajstić information content (AvgIpc) is 2.84. The maximum Gasteiger partial charge on any atom is 0.490 e. The Bertz CT molecular complexity index is 1070. The number of hydrogen-bond donors (Lipinski definition) is 4. The van der Waals surface area contributed by atoms with Gasteiger partial charge in [0.25, 0.3) is 0 Å². The van der Waals surface area contributed by atoms with Gasteiger partial charge in [-0.15, -0.1) is 0 Å². The fourth-order valence-electron chi connectivity index (χ4n) is 3.79. The quantitative estimate of drug-likeness (QED) is 0.494. The van der Waals surface area contributed by atoms with Gasteiger partial charge in [0, 0.05) is 36.4 Å². The number of anilines is 2. The van der Waals surface area contributed by atoms with E-state index in [1.165, 1.54) is 5.56 Å². The molecule has 196 valence electrons. The zero-order valence-electron chi connectivity index (χ0n) is 20.0. The van der Waals surface area contributed by atoms with E-state index >= 15 is 0 Å². The van der Waals surface area contributed by atoms with Gasteiger partial charge in [-0.05, 0) is 51.1 Å². The highest BCUT2D eigenvalue weighted by Crippen LogP contribution is 2.30. The number of carbonyl (C=O) groups excluding carboxylic acids is 1. The first kappa shape index (κ1) is 27.1. The minimum atomic E-state index is -5.08. The number of carboxylic acid groups (broad SMARTS) is 1. The topological polar surface area (TPSA) is 129 Å². The van der Waals surface area contributed by atoms with Crippen molar-refractivity contribution in [2.24, 2.45) is 0 Å². The van der Waals surface area contributed by atoms with Crippen molar-refractivity contribution >= 4 is 23.5 Å². The second-order valence-electron chi connectivity index (χ2n) is 8.20. The van der Waals surface area contributed by atoms with E-state index in [1.807, 2.05) is 31.2 Å². The number of aromatic nitrogens is 2. The molecule has 10 nitrogen and oxygen atoms in total. The number of urea groups is 1. The first-order valence-corrected chi connectivity index (χ1v) is 11.5. The van der Waals surface area contributed by atoms with E-state index in [9.17, 15) is 18.0 Å². The van der Waals surface area contributed by atoms with Crippen LogP contribution in [0.15, 0.2) is 24.3 Å². The lowest BCUT2D eigenvalue weighted by atomic mass is 10.0. The molecule has 1 saturated heterocycles. The first-order chi connectivity index (χ1) is 17.1. The van der Waals surface area contributed by atoms with Crippen molar-refractivity contribution in [2.75, 3.05) is 43.1 Å². The van der Waals surface area contributed by atoms with Gasteiger partial charge in [0.05, 0.1) is 24.9 Å². The van der Waals surface area contributed by atoms with Crippen LogP contribution >= 0.6 is 0 Å². The van der Waals surface area contributed by atoms with Crippen molar-refractivity contribution in [2.45, 2.75) is 39.0 Å². The van der Waals surface area contributed by atoms with E-state index in [-0.39, 0.29) is 12.1 Å². The van der Waals surface area contributed by atoms with Crippen LogP contribution in [0.2, 0.25) is 0 Å². The summed E-state index contributed by atoms with van der Waals surface area (Å²) in [5.74, 6) is -1.01. The summed E-state index contributed by atoms with van der Waals surface area (Å²) < 4.78 is 37.4. The summed E-state index contributed by atoms with van der Waals surface area (Å²) in [4.78, 5) is 32.8. The van der Waals surface area contributed by atoms with Crippen molar-refractivity contribution < 1.29 is 32.6 Å². The predicted octanol–water partition coefficient (Wildman–Crippen LogP) is 2.79. The molecule has 13 heteroatoms. The summed E-state index contributed by atoms with van der Waals surface area (Å²) >= 11 is 0. The van der Waals surface area contributed by atoms with Gasteiger partial charge in [-0.1, -0.05) is 0 Å². The number of ether oxygens (including phenoxy) is 1. The van der Waals surface area contributed by atoms with Gasteiger partial charge in [0.1, 0.15) is 5.82 Å². The van der Waals surface area contributed by atoms with Crippen LogP contribution in [0.5, 0.6) is 0 Å². The Kier molecular flexibility index (Phi) is 9.04. The molecule has 1 atom stereocenters. The molecule has 0 unspecified atom stereocenters. The Labute approximate surface area is 206 Å². The third-order valence-electron chi connectivity index (χ3n) is 5.54. The predicted molar refractivity (Wildman–Crippen MR) is 127 cm³/mol. The fraction of sp³-hybridized carbons (Fsp3) is 0.478. The second kappa shape index (κ2) is 12.0. The number of carbonyl (C=O) groups is 2. The van der Waals surface area contributed by atoms with Crippen LogP contribution in [-0.4, -0.2) is 72.1 Å². The van der Waals surface area contributed by atoms with Crippen LogP contribution in [0.4, 0.5) is 29.5 Å². The number of morpholine rings is 1. The second-order valence-corrected chi connectivity index (χ2v) is 8.20. The zero-order valence-corrected chi connectivity index (χ0v) is 20.0. The Morgan fingerprint density at radius 1 is 1.25 bits per heavy atom. The van der Waals surface area contributed by atoms with Crippen molar-refractivity contribution in [1.82, 2.24) is 20.6 Å². The van der Waals surface area contributed by atoms with E-state index < -0.39 is 12.1 Å². The number of nitrogens with one attached hydrogen (secondary N) is 3. The number of aliphatic carboxylic acids is 1. The number of rotatable bonds is 4. The third-order valence-corrected chi connectivity index (χ3v) is 5.54. The highest BCUT2D eigenvalue weighted by molar-refractivity contribution is 5.89. The van der Waals surface area contributed by atoms with E-state index in [4.69, 9.17) is 24.6 Å². The largest absolute Gasteiger partial charge is 0.490 e. The molecule has 0 spiro atoms. The third kappa shape index (κ3) is 7.04. The highest BCUT2D eigenvalue weighted by atomic mass is 19.4. The molecule has 36 heavy (non-hydrogen) atoms. The van der Waals surface area contributed by atoms with Gasteiger partial charge in [-0.25, -0.2) is 19.6 Å². The van der Waals surface area contributed by atoms with Crippen molar-refractivity contribution in [3.05, 3.63) is 35.5 Å². The number of fused-ring (bicyclic) bond motifs is 1. The first-order valence-electron chi connectivity index (χ1n) is 11.5. The summed E-state index contributed by atoms with van der Waals surface area (Å²) in [5.41, 5.74) is 3.98. The molecule has 2 amide bonds. The number of alkyl halides is 3. The molecule has 4 rings (SSSR count). The summed E-state index contributed by atoms with van der Waals surface area (Å²) in [5, 5.41) is 16.1. The summed E-state index contributed by atoms with van der Waals surface area (Å²) in [6.07, 6.45) is -4.15. The van der Waals surface area contributed by atoms with Gasteiger partial charge < -0.3 is 30.7 Å². The van der Waals surface area contributed by atoms with Crippen molar-refractivity contribution in [3.63, 3.8) is 0 Å². The van der Waals surface area contributed by atoms with Gasteiger partial charge in [0.2, 0.25) is 0 Å². The molecule has 4 N–H and O–H groups in total. The van der Waals surface area contributed by atoms with Gasteiger partial charge in [-0.3, -0.25) is 0 Å². The lowest BCUT2D eigenvalue weighted by Crippen LogP contribution is -2.45. The van der Waals surface area contributed by atoms with Crippen molar-refractivity contribution in [1.29, 1.82) is 0 Å². The van der Waals surface area contributed by atoms with Crippen LogP contribution in [0.1, 0.15) is 25.1 Å². The summed E-state index contributed by atoms with van der Waals surface area (Å²) in [6.45, 7) is 8.63. The average molecular weight is 511 g/mol. The molecule has 2 aromatic rings. The maximum atomic E-state index is 11.7. The molecular weight excluding hydrogens is 481 g/mol. The molecule has 3 heterocycles. The van der Waals surface area contributed by atoms with Crippen LogP contribution in [0.3, 0.4) is 0 Å². The molecule has 2 aliphatic heterocycles.